The highest BCUT2D eigenvalue weighted by atomic mass is 32.2. The molecule has 0 unspecified atom stereocenters. The van der Waals surface area contributed by atoms with Crippen LogP contribution in [0.2, 0.25) is 0 Å². The Labute approximate surface area is 129 Å². The maximum atomic E-state index is 12.1. The summed E-state index contributed by atoms with van der Waals surface area (Å²) in [5.74, 6) is 0. The third-order valence-electron chi connectivity index (χ3n) is 2.99. The number of thiophene rings is 1. The van der Waals surface area contributed by atoms with Crippen molar-refractivity contribution in [1.29, 1.82) is 0 Å². The van der Waals surface area contributed by atoms with Gasteiger partial charge in [0.1, 0.15) is 0 Å². The van der Waals surface area contributed by atoms with Gasteiger partial charge in [0.05, 0.1) is 11.2 Å². The molecule has 2 aromatic rings. The summed E-state index contributed by atoms with van der Waals surface area (Å²) in [6, 6.07) is 1.72. The van der Waals surface area contributed by atoms with Crippen molar-refractivity contribution in [2.45, 2.75) is 30.8 Å². The van der Waals surface area contributed by atoms with Crippen LogP contribution >= 0.6 is 11.3 Å². The molecule has 0 aliphatic rings. The lowest BCUT2D eigenvalue weighted by Gasteiger charge is -2.05. The maximum Gasteiger partial charge on any atom is 0.241 e. The molecule has 0 radical (unpaired) electrons. The van der Waals surface area contributed by atoms with E-state index in [1.54, 1.807) is 24.0 Å². The minimum Gasteiger partial charge on any atom is -0.337 e. The molecule has 0 aliphatic carbocycles. The largest absolute Gasteiger partial charge is 0.337 e. The molecular weight excluding hydrogens is 308 g/mol. The molecule has 0 fully saturated rings. The fourth-order valence-corrected chi connectivity index (χ4v) is 4.26. The summed E-state index contributed by atoms with van der Waals surface area (Å²) >= 11 is 1.45. The van der Waals surface area contributed by atoms with Gasteiger partial charge in [-0.25, -0.2) is 18.1 Å². The van der Waals surface area contributed by atoms with Gasteiger partial charge >= 0.3 is 0 Å². The van der Waals surface area contributed by atoms with E-state index in [1.165, 1.54) is 11.3 Å². The molecule has 21 heavy (non-hydrogen) atoms. The average molecular weight is 328 g/mol. The number of unbranched alkanes of at least 4 members (excludes halogenated alkanes) is 1. The fourth-order valence-electron chi connectivity index (χ4n) is 1.90. The molecule has 2 aromatic heterocycles. The predicted molar refractivity (Wildman–Crippen MR) is 83.7 cm³/mol. The molecule has 0 aromatic carbocycles. The second-order valence-electron chi connectivity index (χ2n) is 4.68. The molecule has 2 rings (SSSR count). The predicted octanol–water partition coefficient (Wildman–Crippen LogP) is 1.42. The molecule has 2 heterocycles. The summed E-state index contributed by atoms with van der Waals surface area (Å²) in [6.45, 7) is 1.99. The van der Waals surface area contributed by atoms with Crippen LogP contribution in [0.5, 0.6) is 0 Å². The molecule has 8 heteroatoms. The SMILES string of the molecule is CNCc1cc(S(=O)(=O)NCCCCn2ccnc2)cs1. The van der Waals surface area contributed by atoms with Gasteiger partial charge in [-0.2, -0.15) is 0 Å². The minimum absolute atomic E-state index is 0.354. The van der Waals surface area contributed by atoms with Gasteiger partial charge < -0.3 is 9.88 Å². The van der Waals surface area contributed by atoms with Crippen LogP contribution in [0.25, 0.3) is 0 Å². The number of nitrogens with one attached hydrogen (secondary N) is 2. The Kier molecular flexibility index (Phi) is 5.92. The lowest BCUT2D eigenvalue weighted by Crippen LogP contribution is -2.24. The standard InChI is InChI=1S/C13H20N4O2S2/c1-14-9-12-8-13(10-20-12)21(18,19)16-4-2-3-6-17-7-5-15-11-17/h5,7-8,10-11,14,16H,2-4,6,9H2,1H3. The lowest BCUT2D eigenvalue weighted by atomic mass is 10.3. The van der Waals surface area contributed by atoms with Crippen LogP contribution < -0.4 is 10.0 Å². The van der Waals surface area contributed by atoms with Crippen molar-refractivity contribution in [3.05, 3.63) is 35.0 Å². The van der Waals surface area contributed by atoms with Crippen molar-refractivity contribution in [2.75, 3.05) is 13.6 Å². The lowest BCUT2D eigenvalue weighted by molar-refractivity contribution is 0.566. The number of hydrogen-bond donors (Lipinski definition) is 2. The van der Waals surface area contributed by atoms with Crippen molar-refractivity contribution in [3.63, 3.8) is 0 Å². The van der Waals surface area contributed by atoms with E-state index in [1.807, 2.05) is 17.8 Å². The first-order valence-corrected chi connectivity index (χ1v) is 9.15. The van der Waals surface area contributed by atoms with Crippen LogP contribution in [-0.2, 0) is 23.1 Å². The normalized spacial score (nSPS) is 11.9. The number of sulfonamides is 1. The highest BCUT2D eigenvalue weighted by Crippen LogP contribution is 2.18. The molecule has 2 N–H and O–H groups in total. The van der Waals surface area contributed by atoms with Crippen molar-refractivity contribution >= 4 is 21.4 Å². The topological polar surface area (TPSA) is 76.0 Å². The molecule has 0 amide bonds. The molecule has 0 saturated carbocycles. The van der Waals surface area contributed by atoms with E-state index in [2.05, 4.69) is 15.0 Å². The number of rotatable bonds is 9. The van der Waals surface area contributed by atoms with Gasteiger partial charge in [-0.15, -0.1) is 11.3 Å². The van der Waals surface area contributed by atoms with Crippen molar-refractivity contribution in [3.8, 4) is 0 Å². The van der Waals surface area contributed by atoms with Crippen molar-refractivity contribution < 1.29 is 8.42 Å². The molecule has 0 aliphatic heterocycles. The second-order valence-corrected chi connectivity index (χ2v) is 7.45. The Morgan fingerprint density at radius 1 is 1.38 bits per heavy atom. The van der Waals surface area contributed by atoms with Gasteiger partial charge in [-0.05, 0) is 26.0 Å². The summed E-state index contributed by atoms with van der Waals surface area (Å²) in [6.07, 6.45) is 7.11. The second kappa shape index (κ2) is 7.69. The first kappa shape index (κ1) is 16.2. The molecule has 0 bridgehead atoms. The molecule has 0 spiro atoms. The Morgan fingerprint density at radius 3 is 2.95 bits per heavy atom. The maximum absolute atomic E-state index is 12.1. The average Bonchev–Trinajstić information content (AvgIpc) is 3.10. The van der Waals surface area contributed by atoms with E-state index in [0.29, 0.717) is 18.0 Å². The van der Waals surface area contributed by atoms with E-state index in [9.17, 15) is 8.42 Å². The van der Waals surface area contributed by atoms with Crippen LogP contribution in [0.15, 0.2) is 35.1 Å². The van der Waals surface area contributed by atoms with Gasteiger partial charge in [-0.3, -0.25) is 0 Å². The third-order valence-corrected chi connectivity index (χ3v) is 5.51. The van der Waals surface area contributed by atoms with Crippen molar-refractivity contribution in [1.82, 2.24) is 19.6 Å². The van der Waals surface area contributed by atoms with Gasteiger partial charge in [0, 0.05) is 42.3 Å². The number of aromatic nitrogens is 2. The fraction of sp³-hybridized carbons (Fsp3) is 0.462. The van der Waals surface area contributed by atoms with Gasteiger partial charge in [0.15, 0.2) is 0 Å². The molecule has 6 nitrogen and oxygen atoms in total. The Bertz CT molecular complexity index is 635. The van der Waals surface area contributed by atoms with Gasteiger partial charge in [-0.1, -0.05) is 0 Å². The zero-order valence-electron chi connectivity index (χ0n) is 11.9. The monoisotopic (exact) mass is 328 g/mol. The molecule has 116 valence electrons. The highest BCUT2D eigenvalue weighted by molar-refractivity contribution is 7.89. The first-order chi connectivity index (χ1) is 10.1. The van der Waals surface area contributed by atoms with Gasteiger partial charge in [0.2, 0.25) is 10.0 Å². The van der Waals surface area contributed by atoms with Crippen LogP contribution in [0, 0.1) is 0 Å². The first-order valence-electron chi connectivity index (χ1n) is 6.79. The zero-order chi connectivity index (χ0) is 15.1. The van der Waals surface area contributed by atoms with E-state index in [4.69, 9.17) is 0 Å². The van der Waals surface area contributed by atoms with E-state index in [0.717, 1.165) is 24.3 Å². The third kappa shape index (κ3) is 4.92. The zero-order valence-corrected chi connectivity index (χ0v) is 13.6. The quantitative estimate of drug-likeness (QED) is 0.683. The summed E-state index contributed by atoms with van der Waals surface area (Å²) in [5.41, 5.74) is 0. The van der Waals surface area contributed by atoms with Gasteiger partial charge in [0.25, 0.3) is 0 Å². The van der Waals surface area contributed by atoms with Crippen LogP contribution in [0.3, 0.4) is 0 Å². The van der Waals surface area contributed by atoms with E-state index >= 15 is 0 Å². The number of nitrogens with zero attached hydrogens (tertiary/aromatic N) is 2. The summed E-state index contributed by atoms with van der Waals surface area (Å²) in [5, 5.41) is 4.69. The van der Waals surface area contributed by atoms with Crippen LogP contribution in [0.4, 0.5) is 0 Å². The Balaban J connectivity index is 1.75. The summed E-state index contributed by atoms with van der Waals surface area (Å²) in [7, 11) is -1.54. The Hall–Kier alpha value is -1.22. The number of hydrogen-bond acceptors (Lipinski definition) is 5. The van der Waals surface area contributed by atoms with E-state index in [-0.39, 0.29) is 0 Å². The molecule has 0 atom stereocenters. The van der Waals surface area contributed by atoms with Crippen LogP contribution in [0.1, 0.15) is 17.7 Å². The summed E-state index contributed by atoms with van der Waals surface area (Å²) in [4.78, 5) is 5.33. The highest BCUT2D eigenvalue weighted by Gasteiger charge is 2.15. The Morgan fingerprint density at radius 2 is 2.24 bits per heavy atom. The molecular formula is C13H20N4O2S2. The number of imidazole rings is 1. The van der Waals surface area contributed by atoms with Crippen molar-refractivity contribution in [2.24, 2.45) is 0 Å². The van der Waals surface area contributed by atoms with E-state index < -0.39 is 10.0 Å². The number of aryl methyl sites for hydroxylation is 1. The summed E-state index contributed by atoms with van der Waals surface area (Å²) < 4.78 is 28.8. The smallest absolute Gasteiger partial charge is 0.241 e. The minimum atomic E-state index is -3.38. The molecule has 0 saturated heterocycles. The van der Waals surface area contributed by atoms with Crippen LogP contribution in [-0.4, -0.2) is 31.6 Å².